The molecule has 186 valence electrons. The molecule has 0 atom stereocenters. The van der Waals surface area contributed by atoms with Gasteiger partial charge in [-0.2, -0.15) is 0 Å². The van der Waals surface area contributed by atoms with Gasteiger partial charge >= 0.3 is 5.69 Å². The number of alkyl halides is 1. The van der Waals surface area contributed by atoms with Gasteiger partial charge in [0.25, 0.3) is 11.1 Å². The average molecular weight is 606 g/mol. The zero-order chi connectivity index (χ0) is 25.9. The van der Waals surface area contributed by atoms with Crippen molar-refractivity contribution >= 4 is 45.0 Å². The maximum Gasteiger partial charge on any atom is 0.335 e. The SMILES string of the molecule is Cc1c(=O)n(C)c(Nc2ccc(I)cc2F)c2c(=O)n(C)c(=O)n(-c3cccc(C4(F)COC4)c3)c12. The Bertz CT molecular complexity index is 1740. The second-order valence-corrected chi connectivity index (χ2v) is 10.0. The first-order valence-corrected chi connectivity index (χ1v) is 12.1. The fourth-order valence-electron chi connectivity index (χ4n) is 4.38. The number of rotatable bonds is 4. The number of hydrogen-bond donors (Lipinski definition) is 1. The van der Waals surface area contributed by atoms with Crippen LogP contribution in [0.5, 0.6) is 0 Å². The molecular weight excluding hydrogens is 585 g/mol. The Hall–Kier alpha value is -3.32. The van der Waals surface area contributed by atoms with Gasteiger partial charge in [-0.3, -0.25) is 23.3 Å². The van der Waals surface area contributed by atoms with E-state index in [0.717, 1.165) is 4.57 Å². The molecule has 0 aliphatic carbocycles. The minimum Gasteiger partial charge on any atom is -0.374 e. The van der Waals surface area contributed by atoms with E-state index < -0.39 is 28.3 Å². The molecule has 1 saturated heterocycles. The van der Waals surface area contributed by atoms with E-state index in [1.165, 1.54) is 48.4 Å². The van der Waals surface area contributed by atoms with Crippen molar-refractivity contribution in [1.82, 2.24) is 13.7 Å². The highest BCUT2D eigenvalue weighted by molar-refractivity contribution is 14.1. The normalized spacial score (nSPS) is 14.6. The van der Waals surface area contributed by atoms with Crippen LogP contribution in [-0.4, -0.2) is 26.9 Å². The predicted octanol–water partition coefficient (Wildman–Crippen LogP) is 3.38. The Morgan fingerprint density at radius 2 is 1.75 bits per heavy atom. The van der Waals surface area contributed by atoms with Gasteiger partial charge in [-0.25, -0.2) is 13.6 Å². The number of nitrogens with zero attached hydrogens (tertiary/aromatic N) is 3. The van der Waals surface area contributed by atoms with Crippen LogP contribution >= 0.6 is 22.6 Å². The summed E-state index contributed by atoms with van der Waals surface area (Å²) in [5, 5.41) is 2.89. The summed E-state index contributed by atoms with van der Waals surface area (Å²) in [6.07, 6.45) is 0. The number of ether oxygens (including phenoxy) is 1. The number of anilines is 2. The minimum absolute atomic E-state index is 0.0157. The number of benzene rings is 2. The largest absolute Gasteiger partial charge is 0.374 e. The van der Waals surface area contributed by atoms with Crippen molar-refractivity contribution in [2.75, 3.05) is 18.5 Å². The molecule has 4 aromatic rings. The van der Waals surface area contributed by atoms with Crippen LogP contribution in [0.1, 0.15) is 11.1 Å². The molecule has 0 saturated carbocycles. The van der Waals surface area contributed by atoms with Gasteiger partial charge in [0.15, 0.2) is 5.67 Å². The molecule has 1 aliphatic heterocycles. The third-order valence-corrected chi connectivity index (χ3v) is 7.15. The van der Waals surface area contributed by atoms with Crippen LogP contribution in [-0.2, 0) is 24.5 Å². The molecule has 5 rings (SSSR count). The van der Waals surface area contributed by atoms with E-state index in [1.54, 1.807) is 24.3 Å². The van der Waals surface area contributed by atoms with E-state index in [4.69, 9.17) is 4.74 Å². The molecule has 2 aromatic carbocycles. The molecule has 0 radical (unpaired) electrons. The lowest BCUT2D eigenvalue weighted by Crippen LogP contribution is -2.43. The summed E-state index contributed by atoms with van der Waals surface area (Å²) in [4.78, 5) is 40.0. The second-order valence-electron chi connectivity index (χ2n) is 8.80. The molecule has 0 amide bonds. The number of hydrogen-bond acceptors (Lipinski definition) is 5. The smallest absolute Gasteiger partial charge is 0.335 e. The molecular formula is C25H21F2IN4O4. The van der Waals surface area contributed by atoms with Gasteiger partial charge in [-0.1, -0.05) is 12.1 Å². The summed E-state index contributed by atoms with van der Waals surface area (Å²) in [5.41, 5.74) is -2.67. The fraction of sp³-hybridized carbons (Fsp3) is 0.240. The number of aryl methyl sites for hydroxylation is 1. The van der Waals surface area contributed by atoms with E-state index in [-0.39, 0.29) is 46.9 Å². The first-order chi connectivity index (χ1) is 17.0. The summed E-state index contributed by atoms with van der Waals surface area (Å²) in [7, 11) is 2.78. The number of nitrogens with one attached hydrogen (secondary N) is 1. The molecule has 1 aliphatic rings. The highest BCUT2D eigenvalue weighted by Gasteiger charge is 2.40. The lowest BCUT2D eigenvalue weighted by atomic mass is 9.93. The van der Waals surface area contributed by atoms with Crippen molar-refractivity contribution in [2.24, 2.45) is 14.1 Å². The molecule has 2 aromatic heterocycles. The zero-order valence-corrected chi connectivity index (χ0v) is 21.7. The topological polar surface area (TPSA) is 87.3 Å². The fourth-order valence-corrected chi connectivity index (χ4v) is 4.83. The molecule has 36 heavy (non-hydrogen) atoms. The standard InChI is InChI=1S/C25H21F2IN4O4/c1-13-20-19(21(30(2)22(13)33)29-18-8-7-15(28)10-17(18)26)23(34)31(3)24(35)32(20)16-6-4-5-14(9-16)25(27)11-36-12-25/h4-10,29H,11-12H2,1-3H3. The maximum atomic E-state index is 15.1. The van der Waals surface area contributed by atoms with E-state index in [0.29, 0.717) is 9.13 Å². The molecule has 0 bridgehead atoms. The van der Waals surface area contributed by atoms with Crippen molar-refractivity contribution in [3.63, 3.8) is 0 Å². The van der Waals surface area contributed by atoms with Crippen LogP contribution in [0.2, 0.25) is 0 Å². The van der Waals surface area contributed by atoms with E-state index in [9.17, 15) is 18.8 Å². The summed E-state index contributed by atoms with van der Waals surface area (Å²) < 4.78 is 38.8. The zero-order valence-electron chi connectivity index (χ0n) is 19.6. The van der Waals surface area contributed by atoms with Gasteiger partial charge in [0, 0.05) is 23.2 Å². The molecule has 11 heteroatoms. The van der Waals surface area contributed by atoms with E-state index >= 15 is 4.39 Å². The molecule has 0 unspecified atom stereocenters. The van der Waals surface area contributed by atoms with Crippen LogP contribution in [0, 0.1) is 16.3 Å². The Morgan fingerprint density at radius 1 is 1.03 bits per heavy atom. The third-order valence-electron chi connectivity index (χ3n) is 6.48. The van der Waals surface area contributed by atoms with Gasteiger partial charge in [0.05, 0.1) is 30.1 Å². The third kappa shape index (κ3) is 3.68. The Morgan fingerprint density at radius 3 is 2.39 bits per heavy atom. The number of pyridine rings is 1. The first-order valence-electron chi connectivity index (χ1n) is 11.0. The summed E-state index contributed by atoms with van der Waals surface area (Å²) in [6, 6.07) is 10.8. The predicted molar refractivity (Wildman–Crippen MR) is 141 cm³/mol. The number of halogens is 3. The van der Waals surface area contributed by atoms with Gasteiger partial charge < -0.3 is 10.1 Å². The lowest BCUT2D eigenvalue weighted by molar-refractivity contribution is -0.135. The quantitative estimate of drug-likeness (QED) is 0.361. The van der Waals surface area contributed by atoms with E-state index in [2.05, 4.69) is 5.32 Å². The van der Waals surface area contributed by atoms with Crippen molar-refractivity contribution in [3.05, 3.63) is 94.2 Å². The van der Waals surface area contributed by atoms with Gasteiger partial charge in [0.2, 0.25) is 0 Å². The van der Waals surface area contributed by atoms with Crippen LogP contribution in [0.25, 0.3) is 16.6 Å². The van der Waals surface area contributed by atoms with Crippen molar-refractivity contribution < 1.29 is 13.5 Å². The highest BCUT2D eigenvalue weighted by Crippen LogP contribution is 2.35. The molecule has 1 N–H and O–H groups in total. The lowest BCUT2D eigenvalue weighted by Gasteiger charge is -2.34. The molecule has 1 fully saturated rings. The summed E-state index contributed by atoms with van der Waals surface area (Å²) >= 11 is 1.97. The van der Waals surface area contributed by atoms with Crippen molar-refractivity contribution in [1.29, 1.82) is 0 Å². The van der Waals surface area contributed by atoms with Crippen LogP contribution in [0.4, 0.5) is 20.3 Å². The maximum absolute atomic E-state index is 15.1. The van der Waals surface area contributed by atoms with Gasteiger partial charge in [0.1, 0.15) is 17.0 Å². The molecule has 8 nitrogen and oxygen atoms in total. The number of fused-ring (bicyclic) bond motifs is 1. The van der Waals surface area contributed by atoms with Crippen LogP contribution in [0.15, 0.2) is 56.8 Å². The number of aromatic nitrogens is 3. The Kier molecular flexibility index (Phi) is 5.86. The van der Waals surface area contributed by atoms with E-state index in [1.807, 2.05) is 22.6 Å². The Balaban J connectivity index is 1.86. The van der Waals surface area contributed by atoms with Crippen LogP contribution < -0.4 is 22.1 Å². The second kappa shape index (κ2) is 8.66. The van der Waals surface area contributed by atoms with Crippen molar-refractivity contribution in [3.8, 4) is 5.69 Å². The first kappa shape index (κ1) is 24.4. The van der Waals surface area contributed by atoms with Crippen LogP contribution in [0.3, 0.4) is 0 Å². The highest BCUT2D eigenvalue weighted by atomic mass is 127. The van der Waals surface area contributed by atoms with Gasteiger partial charge in [-0.15, -0.1) is 0 Å². The molecule has 3 heterocycles. The van der Waals surface area contributed by atoms with Crippen molar-refractivity contribution in [2.45, 2.75) is 12.6 Å². The van der Waals surface area contributed by atoms with Gasteiger partial charge in [-0.05, 0) is 65.4 Å². The Labute approximate surface area is 216 Å². The minimum atomic E-state index is -1.68. The summed E-state index contributed by atoms with van der Waals surface area (Å²) in [6.45, 7) is 1.30. The monoisotopic (exact) mass is 606 g/mol. The molecule has 0 spiro atoms. The summed E-state index contributed by atoms with van der Waals surface area (Å²) in [5.74, 6) is -0.544. The average Bonchev–Trinajstić information content (AvgIpc) is 2.83.